The van der Waals surface area contributed by atoms with Crippen molar-refractivity contribution in [2.75, 3.05) is 13.1 Å². The van der Waals surface area contributed by atoms with E-state index in [4.69, 9.17) is 4.74 Å². The van der Waals surface area contributed by atoms with Crippen molar-refractivity contribution < 1.29 is 9.53 Å². The van der Waals surface area contributed by atoms with Gasteiger partial charge in [0, 0.05) is 18.6 Å². The van der Waals surface area contributed by atoms with Crippen LogP contribution in [0.5, 0.6) is 0 Å². The monoisotopic (exact) mass is 312 g/mol. The molecule has 0 spiro atoms. The van der Waals surface area contributed by atoms with Gasteiger partial charge in [-0.25, -0.2) is 4.79 Å². The molecule has 4 heteroatoms. The Bertz CT molecular complexity index is 326. The quantitative estimate of drug-likeness (QED) is 0.742. The Kier molecular flexibility index (Phi) is 8.23. The topological polar surface area (TPSA) is 41.6 Å². The van der Waals surface area contributed by atoms with Gasteiger partial charge in [0.05, 0.1) is 0 Å². The molecule has 4 nitrogen and oxygen atoms in total. The maximum Gasteiger partial charge on any atom is 0.410 e. The van der Waals surface area contributed by atoms with E-state index in [9.17, 15) is 4.79 Å². The number of rotatable bonds is 6. The van der Waals surface area contributed by atoms with E-state index in [1.165, 1.54) is 25.7 Å². The zero-order chi connectivity index (χ0) is 16.6. The number of unbranched alkanes of at least 4 members (excludes halogenated alkanes) is 1. The number of amides is 1. The SMILES string of the molecule is CCCCNC(C)CC1CCCCCN1C(=O)OC(C)(C)C. The molecule has 0 bridgehead atoms. The Labute approximate surface area is 137 Å². The molecule has 1 amide bonds. The lowest BCUT2D eigenvalue weighted by Crippen LogP contribution is -2.45. The molecule has 0 aromatic carbocycles. The van der Waals surface area contributed by atoms with Crippen LogP contribution in [0, 0.1) is 0 Å². The first-order valence-electron chi connectivity index (χ1n) is 9.06. The van der Waals surface area contributed by atoms with Crippen LogP contribution in [-0.4, -0.2) is 41.8 Å². The number of nitrogens with one attached hydrogen (secondary N) is 1. The van der Waals surface area contributed by atoms with Gasteiger partial charge in [0.25, 0.3) is 0 Å². The fourth-order valence-corrected chi connectivity index (χ4v) is 3.00. The Morgan fingerprint density at radius 3 is 2.68 bits per heavy atom. The smallest absolute Gasteiger partial charge is 0.410 e. The largest absolute Gasteiger partial charge is 0.444 e. The number of nitrogens with zero attached hydrogens (tertiary/aromatic N) is 1. The molecular weight excluding hydrogens is 276 g/mol. The second-order valence-electron chi connectivity index (χ2n) is 7.62. The number of likely N-dealkylation sites (tertiary alicyclic amines) is 1. The molecule has 1 fully saturated rings. The van der Waals surface area contributed by atoms with Gasteiger partial charge in [0.1, 0.15) is 5.60 Å². The number of carbonyl (C=O) groups is 1. The Hall–Kier alpha value is -0.770. The van der Waals surface area contributed by atoms with Crippen LogP contribution in [0.1, 0.15) is 79.6 Å². The molecular formula is C18H36N2O2. The fourth-order valence-electron chi connectivity index (χ4n) is 3.00. The third kappa shape index (κ3) is 7.48. The summed E-state index contributed by atoms with van der Waals surface area (Å²) in [6, 6.07) is 0.751. The second kappa shape index (κ2) is 9.39. The molecule has 1 heterocycles. The molecule has 2 atom stereocenters. The highest BCUT2D eigenvalue weighted by Gasteiger charge is 2.30. The lowest BCUT2D eigenvalue weighted by atomic mass is 10.0. The number of hydrogen-bond acceptors (Lipinski definition) is 3. The van der Waals surface area contributed by atoms with Crippen LogP contribution in [0.15, 0.2) is 0 Å². The fraction of sp³-hybridized carbons (Fsp3) is 0.944. The third-order valence-electron chi connectivity index (χ3n) is 4.15. The zero-order valence-corrected chi connectivity index (χ0v) is 15.3. The van der Waals surface area contributed by atoms with E-state index < -0.39 is 5.60 Å². The summed E-state index contributed by atoms with van der Waals surface area (Å²) in [4.78, 5) is 14.5. The van der Waals surface area contributed by atoms with Gasteiger partial charge in [-0.3, -0.25) is 0 Å². The average Bonchev–Trinajstić information content (AvgIpc) is 2.62. The van der Waals surface area contributed by atoms with Gasteiger partial charge in [-0.1, -0.05) is 26.2 Å². The van der Waals surface area contributed by atoms with Crippen molar-refractivity contribution in [2.24, 2.45) is 0 Å². The molecule has 1 aliphatic heterocycles. The molecule has 130 valence electrons. The van der Waals surface area contributed by atoms with Gasteiger partial charge < -0.3 is 15.0 Å². The molecule has 0 aromatic heterocycles. The van der Waals surface area contributed by atoms with Crippen molar-refractivity contribution in [1.82, 2.24) is 10.2 Å². The molecule has 0 aliphatic carbocycles. The highest BCUT2D eigenvalue weighted by molar-refractivity contribution is 5.68. The minimum atomic E-state index is -0.418. The third-order valence-corrected chi connectivity index (χ3v) is 4.15. The molecule has 0 radical (unpaired) electrons. The van der Waals surface area contributed by atoms with Gasteiger partial charge in [-0.05, 0) is 59.9 Å². The van der Waals surface area contributed by atoms with E-state index in [0.29, 0.717) is 12.1 Å². The van der Waals surface area contributed by atoms with E-state index in [1.807, 2.05) is 25.7 Å². The summed E-state index contributed by atoms with van der Waals surface area (Å²) in [5, 5.41) is 3.58. The maximum atomic E-state index is 12.5. The van der Waals surface area contributed by atoms with Gasteiger partial charge in [0.2, 0.25) is 0 Å². The Morgan fingerprint density at radius 2 is 2.05 bits per heavy atom. The lowest BCUT2D eigenvalue weighted by molar-refractivity contribution is 0.0150. The summed E-state index contributed by atoms with van der Waals surface area (Å²) in [6.45, 7) is 12.2. The average molecular weight is 312 g/mol. The zero-order valence-electron chi connectivity index (χ0n) is 15.3. The van der Waals surface area contributed by atoms with Crippen LogP contribution in [-0.2, 0) is 4.74 Å². The van der Waals surface area contributed by atoms with Crippen LogP contribution in [0.3, 0.4) is 0 Å². The first kappa shape index (κ1) is 19.3. The van der Waals surface area contributed by atoms with E-state index in [1.54, 1.807) is 0 Å². The molecule has 1 saturated heterocycles. The van der Waals surface area contributed by atoms with Crippen molar-refractivity contribution in [3.05, 3.63) is 0 Å². The van der Waals surface area contributed by atoms with Crippen LogP contribution in [0.4, 0.5) is 4.79 Å². The normalized spacial score (nSPS) is 21.3. The van der Waals surface area contributed by atoms with E-state index >= 15 is 0 Å². The molecule has 1 N–H and O–H groups in total. The molecule has 2 unspecified atom stereocenters. The van der Waals surface area contributed by atoms with Gasteiger partial charge >= 0.3 is 6.09 Å². The highest BCUT2D eigenvalue weighted by atomic mass is 16.6. The summed E-state index contributed by atoms with van der Waals surface area (Å²) in [5.41, 5.74) is -0.418. The van der Waals surface area contributed by atoms with Gasteiger partial charge in [-0.15, -0.1) is 0 Å². The maximum absolute atomic E-state index is 12.5. The standard InChI is InChI=1S/C18H36N2O2/c1-6-7-12-19-15(2)14-16-11-9-8-10-13-20(16)17(21)22-18(3,4)5/h15-16,19H,6-14H2,1-5H3. The van der Waals surface area contributed by atoms with Crippen LogP contribution in [0.25, 0.3) is 0 Å². The highest BCUT2D eigenvalue weighted by Crippen LogP contribution is 2.23. The molecule has 22 heavy (non-hydrogen) atoms. The second-order valence-corrected chi connectivity index (χ2v) is 7.62. The minimum Gasteiger partial charge on any atom is -0.444 e. The number of carbonyl (C=O) groups excluding carboxylic acids is 1. The summed E-state index contributed by atoms with van der Waals surface area (Å²) < 4.78 is 5.61. The predicted octanol–water partition coefficient (Wildman–Crippen LogP) is 4.33. The number of ether oxygens (including phenoxy) is 1. The van der Waals surface area contributed by atoms with Crippen LogP contribution >= 0.6 is 0 Å². The van der Waals surface area contributed by atoms with E-state index in [0.717, 1.165) is 32.4 Å². The lowest BCUT2D eigenvalue weighted by Gasteiger charge is -2.33. The summed E-state index contributed by atoms with van der Waals surface area (Å²) >= 11 is 0. The molecule has 0 aromatic rings. The predicted molar refractivity (Wildman–Crippen MR) is 92.2 cm³/mol. The van der Waals surface area contributed by atoms with E-state index in [-0.39, 0.29) is 6.09 Å². The summed E-state index contributed by atoms with van der Waals surface area (Å²) in [5.74, 6) is 0. The van der Waals surface area contributed by atoms with Crippen LogP contribution in [0.2, 0.25) is 0 Å². The first-order chi connectivity index (χ1) is 10.3. The molecule has 1 aliphatic rings. The van der Waals surface area contributed by atoms with Gasteiger partial charge in [0.15, 0.2) is 0 Å². The number of hydrogen-bond donors (Lipinski definition) is 1. The first-order valence-corrected chi connectivity index (χ1v) is 9.06. The summed E-state index contributed by atoms with van der Waals surface area (Å²) in [7, 11) is 0. The Balaban J connectivity index is 2.59. The Morgan fingerprint density at radius 1 is 1.32 bits per heavy atom. The van der Waals surface area contributed by atoms with Crippen molar-refractivity contribution in [3.63, 3.8) is 0 Å². The summed E-state index contributed by atoms with van der Waals surface area (Å²) in [6.07, 6.45) is 7.92. The molecule has 1 rings (SSSR count). The van der Waals surface area contributed by atoms with Gasteiger partial charge in [-0.2, -0.15) is 0 Å². The van der Waals surface area contributed by atoms with Crippen molar-refractivity contribution in [3.8, 4) is 0 Å². The minimum absolute atomic E-state index is 0.139. The van der Waals surface area contributed by atoms with Crippen LogP contribution < -0.4 is 5.32 Å². The molecule has 0 saturated carbocycles. The van der Waals surface area contributed by atoms with Crippen molar-refractivity contribution >= 4 is 6.09 Å². The van der Waals surface area contributed by atoms with E-state index in [2.05, 4.69) is 19.2 Å². The van der Waals surface area contributed by atoms with Crippen molar-refractivity contribution in [1.29, 1.82) is 0 Å². The van der Waals surface area contributed by atoms with Crippen molar-refractivity contribution in [2.45, 2.75) is 97.2 Å².